The lowest BCUT2D eigenvalue weighted by molar-refractivity contribution is 0.133. The zero-order valence-corrected chi connectivity index (χ0v) is 12.9. The van der Waals surface area contributed by atoms with E-state index in [1.165, 1.54) is 18.4 Å². The summed E-state index contributed by atoms with van der Waals surface area (Å²) in [6.45, 7) is 2.36. The molecule has 0 radical (unpaired) electrons. The third-order valence-corrected chi connectivity index (χ3v) is 6.31. The van der Waals surface area contributed by atoms with E-state index in [4.69, 9.17) is 4.74 Å². The highest BCUT2D eigenvalue weighted by atomic mass is 32.2. The molecule has 0 aromatic carbocycles. The molecule has 1 aromatic heterocycles. The number of nitrogens with zero attached hydrogens (tertiary/aromatic N) is 2. The highest BCUT2D eigenvalue weighted by Crippen LogP contribution is 2.34. The van der Waals surface area contributed by atoms with E-state index in [0.717, 1.165) is 24.3 Å². The lowest BCUT2D eigenvalue weighted by atomic mass is 10.1. The molecule has 0 bridgehead atoms. The van der Waals surface area contributed by atoms with Gasteiger partial charge in [0.05, 0.1) is 17.9 Å². The minimum Gasteiger partial charge on any atom is -0.381 e. The second-order valence-electron chi connectivity index (χ2n) is 4.82. The molecule has 0 spiro atoms. The maximum atomic E-state index is 12.5. The van der Waals surface area contributed by atoms with Crippen LogP contribution in [0.2, 0.25) is 0 Å². The number of hydrogen-bond donors (Lipinski definition) is 0. The summed E-state index contributed by atoms with van der Waals surface area (Å²) < 4.78 is 31.7. The highest BCUT2D eigenvalue weighted by molar-refractivity contribution is 7.89. The number of aromatic nitrogens is 1. The van der Waals surface area contributed by atoms with Gasteiger partial charge in [0.2, 0.25) is 10.0 Å². The van der Waals surface area contributed by atoms with Crippen LogP contribution < -0.4 is 0 Å². The third-order valence-electron chi connectivity index (χ3n) is 3.40. The normalized spacial score (nSPS) is 23.4. The maximum Gasteiger partial charge on any atom is 0.217 e. The molecule has 1 fully saturated rings. The van der Waals surface area contributed by atoms with Crippen molar-refractivity contribution in [3.63, 3.8) is 0 Å². The van der Waals surface area contributed by atoms with E-state index >= 15 is 0 Å². The molecule has 1 aliphatic heterocycles. The summed E-state index contributed by atoms with van der Waals surface area (Å²) in [5, 5.41) is 2.79. The molecule has 2 atom stereocenters. The van der Waals surface area contributed by atoms with Gasteiger partial charge in [-0.3, -0.25) is 0 Å². The van der Waals surface area contributed by atoms with E-state index < -0.39 is 10.0 Å². The second kappa shape index (κ2) is 6.30. The van der Waals surface area contributed by atoms with Gasteiger partial charge < -0.3 is 4.74 Å². The molecular weight excluding hydrogens is 284 g/mol. The van der Waals surface area contributed by atoms with Gasteiger partial charge in [-0.05, 0) is 19.8 Å². The summed E-state index contributed by atoms with van der Waals surface area (Å²) >= 11 is 1.53. The molecule has 1 saturated heterocycles. The predicted molar refractivity (Wildman–Crippen MR) is 75.7 cm³/mol. The Labute approximate surface area is 118 Å². The molecule has 19 heavy (non-hydrogen) atoms. The zero-order chi connectivity index (χ0) is 13.9. The Balaban J connectivity index is 2.20. The van der Waals surface area contributed by atoms with Crippen LogP contribution in [0.15, 0.2) is 11.6 Å². The predicted octanol–water partition coefficient (Wildman–Crippen LogP) is 2.03. The van der Waals surface area contributed by atoms with E-state index in [-0.39, 0.29) is 17.9 Å². The largest absolute Gasteiger partial charge is 0.381 e. The van der Waals surface area contributed by atoms with Crippen LogP contribution in [0.25, 0.3) is 0 Å². The third kappa shape index (κ3) is 3.53. The second-order valence-corrected chi connectivity index (χ2v) is 7.71. The fraction of sp³-hybridized carbons (Fsp3) is 0.750. The highest BCUT2D eigenvalue weighted by Gasteiger charge is 2.35. The SMILES string of the molecule is CO[C@H](C)CS(=O)(=O)N1CCCC[C@@H]1c1nccs1. The summed E-state index contributed by atoms with van der Waals surface area (Å²) in [5.74, 6) is 0.0331. The lowest BCUT2D eigenvalue weighted by Gasteiger charge is -2.34. The van der Waals surface area contributed by atoms with Crippen molar-refractivity contribution >= 4 is 21.4 Å². The van der Waals surface area contributed by atoms with E-state index in [2.05, 4.69) is 4.98 Å². The van der Waals surface area contributed by atoms with Gasteiger partial charge in [0, 0.05) is 25.2 Å². The Bertz CT molecular complexity index is 487. The number of sulfonamides is 1. The van der Waals surface area contributed by atoms with Crippen molar-refractivity contribution in [3.05, 3.63) is 16.6 Å². The summed E-state index contributed by atoms with van der Waals surface area (Å²) in [4.78, 5) is 4.28. The standard InChI is InChI=1S/C12H20N2O3S2/c1-10(17-2)9-19(15,16)14-7-4-3-5-11(14)12-13-6-8-18-12/h6,8,10-11H,3-5,7,9H2,1-2H3/t10-,11-/m1/s1. The van der Waals surface area contributed by atoms with Gasteiger partial charge in [-0.1, -0.05) is 6.42 Å². The number of thiazole rings is 1. The Morgan fingerprint density at radius 3 is 3.00 bits per heavy atom. The van der Waals surface area contributed by atoms with Gasteiger partial charge in [0.15, 0.2) is 0 Å². The van der Waals surface area contributed by atoms with E-state index in [1.807, 2.05) is 5.38 Å². The van der Waals surface area contributed by atoms with Crippen molar-refractivity contribution in [2.75, 3.05) is 19.4 Å². The lowest BCUT2D eigenvalue weighted by Crippen LogP contribution is -2.41. The first-order valence-corrected chi connectivity index (χ1v) is 8.95. The van der Waals surface area contributed by atoms with Crippen molar-refractivity contribution in [2.45, 2.75) is 38.3 Å². The van der Waals surface area contributed by atoms with Crippen molar-refractivity contribution in [2.24, 2.45) is 0 Å². The first-order valence-electron chi connectivity index (χ1n) is 6.46. The molecule has 5 nitrogen and oxygen atoms in total. The van der Waals surface area contributed by atoms with Crippen LogP contribution in [0.5, 0.6) is 0 Å². The molecule has 2 heterocycles. The number of hydrogen-bond acceptors (Lipinski definition) is 5. The summed E-state index contributed by atoms with van der Waals surface area (Å²) in [6.07, 6.45) is 4.27. The average molecular weight is 304 g/mol. The monoisotopic (exact) mass is 304 g/mol. The van der Waals surface area contributed by atoms with Crippen molar-refractivity contribution in [1.82, 2.24) is 9.29 Å². The number of rotatable bonds is 5. The van der Waals surface area contributed by atoms with Gasteiger partial charge in [-0.15, -0.1) is 11.3 Å². The number of ether oxygens (including phenoxy) is 1. The number of methoxy groups -OCH3 is 1. The Morgan fingerprint density at radius 2 is 2.37 bits per heavy atom. The Morgan fingerprint density at radius 1 is 1.58 bits per heavy atom. The molecule has 0 amide bonds. The zero-order valence-electron chi connectivity index (χ0n) is 11.3. The van der Waals surface area contributed by atoms with Gasteiger partial charge >= 0.3 is 0 Å². The van der Waals surface area contributed by atoms with Gasteiger partial charge in [0.1, 0.15) is 5.01 Å². The Kier molecular flexibility index (Phi) is 4.94. The molecule has 108 valence electrons. The minimum atomic E-state index is -3.29. The first-order chi connectivity index (χ1) is 9.04. The summed E-state index contributed by atoms with van der Waals surface area (Å²) in [7, 11) is -1.76. The van der Waals surface area contributed by atoms with Crippen LogP contribution in [0.3, 0.4) is 0 Å². The van der Waals surface area contributed by atoms with Crippen molar-refractivity contribution in [3.8, 4) is 0 Å². The molecular formula is C12H20N2O3S2. The van der Waals surface area contributed by atoms with Gasteiger partial charge in [0.25, 0.3) is 0 Å². The topological polar surface area (TPSA) is 59.5 Å². The van der Waals surface area contributed by atoms with E-state index in [0.29, 0.717) is 6.54 Å². The van der Waals surface area contributed by atoms with Crippen molar-refractivity contribution in [1.29, 1.82) is 0 Å². The maximum absolute atomic E-state index is 12.5. The van der Waals surface area contributed by atoms with Crippen LogP contribution in [0, 0.1) is 0 Å². The van der Waals surface area contributed by atoms with Crippen LogP contribution in [0.1, 0.15) is 37.2 Å². The Hall–Kier alpha value is -0.500. The molecule has 7 heteroatoms. The molecule has 0 saturated carbocycles. The molecule has 0 N–H and O–H groups in total. The summed E-state index contributed by atoms with van der Waals surface area (Å²) in [5.41, 5.74) is 0. The molecule has 2 rings (SSSR count). The van der Waals surface area contributed by atoms with Crippen LogP contribution in [-0.2, 0) is 14.8 Å². The fourth-order valence-electron chi connectivity index (χ4n) is 2.34. The van der Waals surface area contributed by atoms with Crippen LogP contribution in [0.4, 0.5) is 0 Å². The number of piperidine rings is 1. The first kappa shape index (κ1) is 14.9. The molecule has 1 aliphatic rings. The quantitative estimate of drug-likeness (QED) is 0.835. The average Bonchev–Trinajstić information content (AvgIpc) is 2.92. The molecule has 1 aromatic rings. The van der Waals surface area contributed by atoms with E-state index in [9.17, 15) is 8.42 Å². The van der Waals surface area contributed by atoms with Crippen molar-refractivity contribution < 1.29 is 13.2 Å². The van der Waals surface area contributed by atoms with Crippen LogP contribution in [-0.4, -0.2) is 43.2 Å². The minimum absolute atomic E-state index is 0.0331. The van der Waals surface area contributed by atoms with Gasteiger partial charge in [-0.2, -0.15) is 4.31 Å². The van der Waals surface area contributed by atoms with E-state index in [1.54, 1.807) is 17.4 Å². The fourth-order valence-corrected chi connectivity index (χ4v) is 5.12. The van der Waals surface area contributed by atoms with Crippen LogP contribution >= 0.6 is 11.3 Å². The molecule has 0 aliphatic carbocycles. The van der Waals surface area contributed by atoms with Gasteiger partial charge in [-0.25, -0.2) is 13.4 Å². The smallest absolute Gasteiger partial charge is 0.217 e. The molecule has 0 unspecified atom stereocenters. The summed E-state index contributed by atoms with van der Waals surface area (Å²) in [6, 6.07) is -0.0946.